The molecule has 0 saturated heterocycles. The molecule has 0 spiro atoms. The summed E-state index contributed by atoms with van der Waals surface area (Å²) < 4.78 is 32.3. The number of amides is 1. The molecule has 5 nitrogen and oxygen atoms in total. The van der Waals surface area contributed by atoms with Crippen LogP contribution in [0.5, 0.6) is 5.75 Å². The molecule has 1 atom stereocenters. The molecule has 0 aliphatic carbocycles. The Morgan fingerprint density at radius 2 is 1.71 bits per heavy atom. The van der Waals surface area contributed by atoms with Crippen LogP contribution in [-0.4, -0.2) is 18.1 Å². The number of methoxy groups -OCH3 is 1. The van der Waals surface area contributed by atoms with Crippen molar-refractivity contribution in [2.24, 2.45) is 0 Å². The van der Waals surface area contributed by atoms with Crippen LogP contribution < -0.4 is 20.7 Å². The predicted molar refractivity (Wildman–Crippen MR) is 122 cm³/mol. The maximum absolute atomic E-state index is 13.8. The third-order valence-corrected chi connectivity index (χ3v) is 4.76. The highest BCUT2D eigenvalue weighted by molar-refractivity contribution is 7.80. The summed E-state index contributed by atoms with van der Waals surface area (Å²) in [6.07, 6.45) is 0. The smallest absolute Gasteiger partial charge is 0.258 e. The zero-order valence-electron chi connectivity index (χ0n) is 16.9. The number of hydrogen-bond donors (Lipinski definition) is 3. The molecule has 31 heavy (non-hydrogen) atoms. The fourth-order valence-electron chi connectivity index (χ4n) is 2.91. The molecule has 0 heterocycles. The average molecular weight is 442 g/mol. The first-order valence-electron chi connectivity index (χ1n) is 9.44. The van der Waals surface area contributed by atoms with Crippen molar-refractivity contribution in [1.82, 2.24) is 5.32 Å². The fraction of sp³-hybridized carbons (Fsp3) is 0.130. The van der Waals surface area contributed by atoms with Gasteiger partial charge in [-0.3, -0.25) is 4.79 Å². The zero-order valence-corrected chi connectivity index (χ0v) is 17.7. The Bertz CT molecular complexity index is 1090. The van der Waals surface area contributed by atoms with Gasteiger partial charge in [0, 0.05) is 11.8 Å². The lowest BCUT2D eigenvalue weighted by atomic mass is 10.1. The SMILES string of the molecule is COc1cc(NC(=S)NC(C)c2ccc(F)cc2)ccc1NC(=O)c1ccccc1F. The minimum atomic E-state index is -0.607. The molecule has 0 radical (unpaired) electrons. The van der Waals surface area contributed by atoms with E-state index in [4.69, 9.17) is 17.0 Å². The highest BCUT2D eigenvalue weighted by atomic mass is 32.1. The predicted octanol–water partition coefficient (Wildman–Crippen LogP) is 5.27. The second kappa shape index (κ2) is 9.99. The van der Waals surface area contributed by atoms with Crippen molar-refractivity contribution in [3.63, 3.8) is 0 Å². The van der Waals surface area contributed by atoms with E-state index in [2.05, 4.69) is 16.0 Å². The van der Waals surface area contributed by atoms with Crippen LogP contribution in [0.1, 0.15) is 28.9 Å². The molecule has 1 amide bonds. The first-order valence-corrected chi connectivity index (χ1v) is 9.85. The molecule has 0 aromatic heterocycles. The molecule has 1 unspecified atom stereocenters. The van der Waals surface area contributed by atoms with E-state index in [9.17, 15) is 13.6 Å². The van der Waals surface area contributed by atoms with Crippen LogP contribution in [0, 0.1) is 11.6 Å². The van der Waals surface area contributed by atoms with E-state index in [-0.39, 0.29) is 17.4 Å². The zero-order chi connectivity index (χ0) is 22.4. The van der Waals surface area contributed by atoms with Gasteiger partial charge in [-0.05, 0) is 61.1 Å². The van der Waals surface area contributed by atoms with Crippen LogP contribution in [0.2, 0.25) is 0 Å². The number of thiocarbonyl (C=S) groups is 1. The van der Waals surface area contributed by atoms with Gasteiger partial charge in [-0.2, -0.15) is 0 Å². The number of nitrogens with one attached hydrogen (secondary N) is 3. The van der Waals surface area contributed by atoms with Crippen molar-refractivity contribution < 1.29 is 18.3 Å². The van der Waals surface area contributed by atoms with Crippen LogP contribution in [0.25, 0.3) is 0 Å². The molecule has 0 aliphatic rings. The van der Waals surface area contributed by atoms with E-state index >= 15 is 0 Å². The van der Waals surface area contributed by atoms with Gasteiger partial charge in [-0.1, -0.05) is 24.3 Å². The summed E-state index contributed by atoms with van der Waals surface area (Å²) in [4.78, 5) is 12.4. The Hall–Kier alpha value is -3.52. The first-order chi connectivity index (χ1) is 14.9. The van der Waals surface area contributed by atoms with Crippen molar-refractivity contribution in [2.45, 2.75) is 13.0 Å². The molecule has 160 valence electrons. The van der Waals surface area contributed by atoms with Crippen LogP contribution in [0.3, 0.4) is 0 Å². The molecule has 3 aromatic carbocycles. The second-order valence-electron chi connectivity index (χ2n) is 6.72. The second-order valence-corrected chi connectivity index (χ2v) is 7.13. The maximum atomic E-state index is 13.8. The Balaban J connectivity index is 1.66. The van der Waals surface area contributed by atoms with E-state index in [1.807, 2.05) is 6.92 Å². The van der Waals surface area contributed by atoms with Crippen molar-refractivity contribution in [2.75, 3.05) is 17.7 Å². The van der Waals surface area contributed by atoms with Gasteiger partial charge in [0.25, 0.3) is 5.91 Å². The van der Waals surface area contributed by atoms with E-state index in [1.54, 1.807) is 36.4 Å². The minimum Gasteiger partial charge on any atom is -0.494 e. The number of anilines is 2. The highest BCUT2D eigenvalue weighted by Gasteiger charge is 2.14. The summed E-state index contributed by atoms with van der Waals surface area (Å²) in [5.41, 5.74) is 1.84. The Morgan fingerprint density at radius 1 is 1.00 bits per heavy atom. The molecular weight excluding hydrogens is 420 g/mol. The average Bonchev–Trinajstić information content (AvgIpc) is 2.75. The normalized spacial score (nSPS) is 11.4. The highest BCUT2D eigenvalue weighted by Crippen LogP contribution is 2.29. The summed E-state index contributed by atoms with van der Waals surface area (Å²) >= 11 is 5.35. The van der Waals surface area contributed by atoms with Gasteiger partial charge in [-0.25, -0.2) is 8.78 Å². The van der Waals surface area contributed by atoms with E-state index in [0.717, 1.165) is 5.56 Å². The molecule has 0 bridgehead atoms. The molecule has 8 heteroatoms. The third kappa shape index (κ3) is 5.76. The van der Waals surface area contributed by atoms with Gasteiger partial charge >= 0.3 is 0 Å². The summed E-state index contributed by atoms with van der Waals surface area (Å²) in [7, 11) is 1.46. The molecule has 3 aromatic rings. The topological polar surface area (TPSA) is 62.4 Å². The van der Waals surface area contributed by atoms with Crippen molar-refractivity contribution in [3.8, 4) is 5.75 Å². The monoisotopic (exact) mass is 441 g/mol. The van der Waals surface area contributed by atoms with Gasteiger partial charge in [0.05, 0.1) is 24.4 Å². The van der Waals surface area contributed by atoms with E-state index in [0.29, 0.717) is 22.2 Å². The summed E-state index contributed by atoms with van der Waals surface area (Å²) in [6.45, 7) is 1.91. The molecule has 3 N–H and O–H groups in total. The van der Waals surface area contributed by atoms with Gasteiger partial charge in [0.2, 0.25) is 0 Å². The maximum Gasteiger partial charge on any atom is 0.258 e. The van der Waals surface area contributed by atoms with Crippen molar-refractivity contribution in [1.29, 1.82) is 0 Å². The molecular formula is C23H21F2N3O2S. The lowest BCUT2D eigenvalue weighted by Crippen LogP contribution is -2.30. The third-order valence-electron chi connectivity index (χ3n) is 4.54. The standard InChI is InChI=1S/C23H21F2N3O2S/c1-14(15-7-9-16(24)10-8-15)26-23(31)27-17-11-12-20(21(13-17)30-2)28-22(29)18-5-3-4-6-19(18)25/h3-14H,1-2H3,(H,28,29)(H2,26,27,31). The first kappa shape index (κ1) is 22.2. The molecule has 3 rings (SSSR count). The Labute approximate surface area is 184 Å². The van der Waals surface area contributed by atoms with Crippen LogP contribution in [0.4, 0.5) is 20.2 Å². The number of halogens is 2. The minimum absolute atomic E-state index is 0.0630. The molecule has 0 aliphatic heterocycles. The van der Waals surface area contributed by atoms with Crippen molar-refractivity contribution in [3.05, 3.63) is 89.5 Å². The summed E-state index contributed by atoms with van der Waals surface area (Å²) in [5, 5.41) is 9.17. The van der Waals surface area contributed by atoms with Gasteiger partial charge in [0.15, 0.2) is 5.11 Å². The number of ether oxygens (including phenoxy) is 1. The number of carbonyl (C=O) groups is 1. The van der Waals surface area contributed by atoms with Gasteiger partial charge in [0.1, 0.15) is 17.4 Å². The lowest BCUT2D eigenvalue weighted by Gasteiger charge is -2.18. The van der Waals surface area contributed by atoms with Crippen LogP contribution in [0.15, 0.2) is 66.7 Å². The van der Waals surface area contributed by atoms with E-state index < -0.39 is 11.7 Å². The Kier molecular flexibility index (Phi) is 7.15. The van der Waals surface area contributed by atoms with Gasteiger partial charge < -0.3 is 20.7 Å². The number of benzene rings is 3. The number of rotatable bonds is 6. The van der Waals surface area contributed by atoms with E-state index in [1.165, 1.54) is 37.4 Å². The van der Waals surface area contributed by atoms with Crippen LogP contribution in [-0.2, 0) is 0 Å². The van der Waals surface area contributed by atoms with Crippen LogP contribution >= 0.6 is 12.2 Å². The van der Waals surface area contributed by atoms with Crippen molar-refractivity contribution >= 4 is 34.6 Å². The summed E-state index contributed by atoms with van der Waals surface area (Å²) in [5.74, 6) is -1.11. The van der Waals surface area contributed by atoms with Gasteiger partial charge in [-0.15, -0.1) is 0 Å². The number of carbonyl (C=O) groups excluding carboxylic acids is 1. The largest absolute Gasteiger partial charge is 0.494 e. The quantitative estimate of drug-likeness (QED) is 0.455. The Morgan fingerprint density at radius 3 is 2.39 bits per heavy atom. The number of hydrogen-bond acceptors (Lipinski definition) is 3. The fourth-order valence-corrected chi connectivity index (χ4v) is 3.20. The molecule has 0 saturated carbocycles. The summed E-state index contributed by atoms with van der Waals surface area (Å²) in [6, 6.07) is 16.7. The molecule has 0 fully saturated rings. The lowest BCUT2D eigenvalue weighted by molar-refractivity contribution is 0.102.